The Morgan fingerprint density at radius 1 is 0.931 bits per heavy atom. The van der Waals surface area contributed by atoms with Gasteiger partial charge in [0.15, 0.2) is 0 Å². The van der Waals surface area contributed by atoms with Crippen molar-refractivity contribution in [2.45, 2.75) is 19.4 Å². The number of anilines is 2. The van der Waals surface area contributed by atoms with Crippen LogP contribution < -0.4 is 24.4 Å². The lowest BCUT2D eigenvalue weighted by atomic mass is 10.1. The summed E-state index contributed by atoms with van der Waals surface area (Å²) < 4.78 is 16.5. The van der Waals surface area contributed by atoms with E-state index in [9.17, 15) is 0 Å². The summed E-state index contributed by atoms with van der Waals surface area (Å²) in [6, 6.07) is 11.8. The Morgan fingerprint density at radius 3 is 2.28 bits per heavy atom. The van der Waals surface area contributed by atoms with Crippen LogP contribution in [-0.4, -0.2) is 44.4 Å². The molecular formula is C22H26N4O3. The van der Waals surface area contributed by atoms with Crippen molar-refractivity contribution in [2.75, 3.05) is 44.6 Å². The van der Waals surface area contributed by atoms with E-state index in [4.69, 9.17) is 24.2 Å². The fraction of sp³-hybridized carbons (Fsp3) is 0.364. The van der Waals surface area contributed by atoms with Gasteiger partial charge in [0.2, 0.25) is 5.95 Å². The first-order chi connectivity index (χ1) is 14.2. The standard InChI is InChI=1S/C22H26N4O3/c1-27-15-12-19(28-2)17(20(13-15)29-3)14-23-21-16-8-4-5-9-18(16)24-22(25-21)26-10-6-7-11-26/h4-5,8-9,12-13H,6-7,10-11,14H2,1-3H3,(H,23,24,25). The minimum absolute atomic E-state index is 0.497. The lowest BCUT2D eigenvalue weighted by Gasteiger charge is -2.19. The quantitative estimate of drug-likeness (QED) is 0.652. The van der Waals surface area contributed by atoms with Crippen molar-refractivity contribution >= 4 is 22.7 Å². The van der Waals surface area contributed by atoms with Gasteiger partial charge in [-0.2, -0.15) is 4.98 Å². The highest BCUT2D eigenvalue weighted by atomic mass is 16.5. The van der Waals surface area contributed by atoms with Gasteiger partial charge in [-0.1, -0.05) is 12.1 Å². The molecule has 0 amide bonds. The highest BCUT2D eigenvalue weighted by Crippen LogP contribution is 2.35. The second-order valence-electron chi connectivity index (χ2n) is 6.95. The van der Waals surface area contributed by atoms with Gasteiger partial charge in [0.05, 0.1) is 32.4 Å². The van der Waals surface area contributed by atoms with E-state index in [0.717, 1.165) is 41.3 Å². The molecule has 152 valence electrons. The zero-order chi connectivity index (χ0) is 20.2. The lowest BCUT2D eigenvalue weighted by Crippen LogP contribution is -2.21. The van der Waals surface area contributed by atoms with Crippen LogP contribution in [0.2, 0.25) is 0 Å². The molecule has 1 aliphatic rings. The largest absolute Gasteiger partial charge is 0.496 e. The third kappa shape index (κ3) is 3.85. The summed E-state index contributed by atoms with van der Waals surface area (Å²) in [5.74, 6) is 3.67. The molecule has 1 fully saturated rings. The maximum Gasteiger partial charge on any atom is 0.227 e. The topological polar surface area (TPSA) is 68.7 Å². The maximum absolute atomic E-state index is 5.57. The minimum Gasteiger partial charge on any atom is -0.496 e. The van der Waals surface area contributed by atoms with Crippen LogP contribution in [-0.2, 0) is 6.54 Å². The van der Waals surface area contributed by atoms with Crippen LogP contribution in [0.15, 0.2) is 36.4 Å². The summed E-state index contributed by atoms with van der Waals surface area (Å²) in [5, 5.41) is 4.46. The molecule has 0 radical (unpaired) electrons. The van der Waals surface area contributed by atoms with E-state index in [-0.39, 0.29) is 0 Å². The number of hydrogen-bond acceptors (Lipinski definition) is 7. The molecule has 1 aliphatic heterocycles. The van der Waals surface area contributed by atoms with Crippen molar-refractivity contribution in [1.29, 1.82) is 0 Å². The number of rotatable bonds is 7. The normalized spacial score (nSPS) is 13.6. The van der Waals surface area contributed by atoms with Gasteiger partial charge in [0, 0.05) is 37.2 Å². The molecule has 0 unspecified atom stereocenters. The Labute approximate surface area is 170 Å². The fourth-order valence-corrected chi connectivity index (χ4v) is 3.68. The van der Waals surface area contributed by atoms with Crippen LogP contribution in [0.5, 0.6) is 17.2 Å². The predicted octanol–water partition coefficient (Wildman–Crippen LogP) is 3.87. The lowest BCUT2D eigenvalue weighted by molar-refractivity contribution is 0.369. The molecule has 0 saturated carbocycles. The summed E-state index contributed by atoms with van der Waals surface area (Å²) in [4.78, 5) is 11.9. The van der Waals surface area contributed by atoms with Crippen LogP contribution in [0, 0.1) is 0 Å². The molecule has 29 heavy (non-hydrogen) atoms. The molecular weight excluding hydrogens is 368 g/mol. The Balaban J connectivity index is 1.69. The van der Waals surface area contributed by atoms with E-state index in [1.807, 2.05) is 36.4 Å². The van der Waals surface area contributed by atoms with E-state index in [1.165, 1.54) is 12.8 Å². The molecule has 0 spiro atoms. The summed E-state index contributed by atoms with van der Waals surface area (Å²) in [7, 11) is 4.91. The molecule has 2 heterocycles. The smallest absolute Gasteiger partial charge is 0.227 e. The number of fused-ring (bicyclic) bond motifs is 1. The summed E-state index contributed by atoms with van der Waals surface area (Å²) in [6.07, 6.45) is 2.36. The molecule has 7 heteroatoms. The van der Waals surface area contributed by atoms with E-state index in [0.29, 0.717) is 23.8 Å². The molecule has 1 N–H and O–H groups in total. The Kier molecular flexibility index (Phi) is 5.55. The molecule has 3 aromatic rings. The molecule has 4 rings (SSSR count). The minimum atomic E-state index is 0.497. The number of nitrogens with zero attached hydrogens (tertiary/aromatic N) is 3. The Hall–Kier alpha value is -3.22. The zero-order valence-electron chi connectivity index (χ0n) is 17.1. The molecule has 1 saturated heterocycles. The third-order valence-corrected chi connectivity index (χ3v) is 5.23. The van der Waals surface area contributed by atoms with Crippen molar-refractivity contribution in [3.63, 3.8) is 0 Å². The number of aromatic nitrogens is 2. The second-order valence-corrected chi connectivity index (χ2v) is 6.95. The molecule has 2 aromatic carbocycles. The van der Waals surface area contributed by atoms with E-state index < -0.39 is 0 Å². The number of nitrogens with one attached hydrogen (secondary N) is 1. The van der Waals surface area contributed by atoms with Crippen molar-refractivity contribution in [3.05, 3.63) is 42.0 Å². The molecule has 0 bridgehead atoms. The van der Waals surface area contributed by atoms with Crippen molar-refractivity contribution < 1.29 is 14.2 Å². The molecule has 1 aromatic heterocycles. The zero-order valence-corrected chi connectivity index (χ0v) is 17.1. The first kappa shape index (κ1) is 19.1. The van der Waals surface area contributed by atoms with E-state index >= 15 is 0 Å². The van der Waals surface area contributed by atoms with Gasteiger partial charge in [0.1, 0.15) is 23.1 Å². The molecule has 7 nitrogen and oxygen atoms in total. The number of ether oxygens (including phenoxy) is 3. The van der Waals surface area contributed by atoms with Crippen LogP contribution in [0.1, 0.15) is 18.4 Å². The van der Waals surface area contributed by atoms with Gasteiger partial charge < -0.3 is 24.4 Å². The van der Waals surface area contributed by atoms with Gasteiger partial charge in [-0.15, -0.1) is 0 Å². The Bertz CT molecular complexity index is 978. The number of benzene rings is 2. The van der Waals surface area contributed by atoms with E-state index in [1.54, 1.807) is 21.3 Å². The highest BCUT2D eigenvalue weighted by molar-refractivity contribution is 5.90. The van der Waals surface area contributed by atoms with Crippen LogP contribution >= 0.6 is 0 Å². The summed E-state index contributed by atoms with van der Waals surface area (Å²) in [5.41, 5.74) is 1.83. The Morgan fingerprint density at radius 2 is 1.62 bits per heavy atom. The van der Waals surface area contributed by atoms with Crippen molar-refractivity contribution in [3.8, 4) is 17.2 Å². The first-order valence-corrected chi connectivity index (χ1v) is 9.78. The maximum atomic E-state index is 5.57. The molecule has 0 atom stereocenters. The van der Waals surface area contributed by atoms with Gasteiger partial charge in [-0.05, 0) is 25.0 Å². The number of methoxy groups -OCH3 is 3. The third-order valence-electron chi connectivity index (χ3n) is 5.23. The van der Waals surface area contributed by atoms with Crippen LogP contribution in [0.25, 0.3) is 10.9 Å². The molecule has 0 aliphatic carbocycles. The summed E-state index contributed by atoms with van der Waals surface area (Å²) in [6.45, 7) is 2.49. The average molecular weight is 394 g/mol. The average Bonchev–Trinajstić information content (AvgIpc) is 3.31. The van der Waals surface area contributed by atoms with Gasteiger partial charge in [-0.3, -0.25) is 0 Å². The predicted molar refractivity (Wildman–Crippen MR) is 114 cm³/mol. The SMILES string of the molecule is COc1cc(OC)c(CNc2nc(N3CCCC3)nc3ccccc23)c(OC)c1. The van der Waals surface area contributed by atoms with Gasteiger partial charge >= 0.3 is 0 Å². The van der Waals surface area contributed by atoms with E-state index in [2.05, 4.69) is 10.2 Å². The second kappa shape index (κ2) is 8.43. The fourth-order valence-electron chi connectivity index (χ4n) is 3.68. The van der Waals surface area contributed by atoms with Gasteiger partial charge in [0.25, 0.3) is 0 Å². The van der Waals surface area contributed by atoms with Crippen LogP contribution in [0.3, 0.4) is 0 Å². The highest BCUT2D eigenvalue weighted by Gasteiger charge is 2.18. The first-order valence-electron chi connectivity index (χ1n) is 9.78. The van der Waals surface area contributed by atoms with Crippen LogP contribution in [0.4, 0.5) is 11.8 Å². The number of para-hydroxylation sites is 1. The van der Waals surface area contributed by atoms with Crippen molar-refractivity contribution in [2.24, 2.45) is 0 Å². The number of hydrogen-bond donors (Lipinski definition) is 1. The van der Waals surface area contributed by atoms with Gasteiger partial charge in [-0.25, -0.2) is 4.98 Å². The summed E-state index contributed by atoms with van der Waals surface area (Å²) >= 11 is 0. The van der Waals surface area contributed by atoms with Crippen molar-refractivity contribution in [1.82, 2.24) is 9.97 Å². The monoisotopic (exact) mass is 394 g/mol.